The maximum absolute atomic E-state index is 11.7. The third-order valence-corrected chi connectivity index (χ3v) is 3.59. The first-order valence-corrected chi connectivity index (χ1v) is 6.69. The molecule has 0 radical (unpaired) electrons. The van der Waals surface area contributed by atoms with Gasteiger partial charge in [-0.05, 0) is 39.0 Å². The van der Waals surface area contributed by atoms with Gasteiger partial charge in [-0.2, -0.15) is 0 Å². The number of hydrogen-bond donors (Lipinski definition) is 1. The van der Waals surface area contributed by atoms with Crippen LogP contribution in [0.15, 0.2) is 18.2 Å². The van der Waals surface area contributed by atoms with Gasteiger partial charge < -0.3 is 10.3 Å². The van der Waals surface area contributed by atoms with Crippen molar-refractivity contribution >= 4 is 40.1 Å². The molecule has 0 spiro atoms. The molecule has 19 heavy (non-hydrogen) atoms. The van der Waals surface area contributed by atoms with Gasteiger partial charge in [0, 0.05) is 5.02 Å². The van der Waals surface area contributed by atoms with Gasteiger partial charge in [-0.1, -0.05) is 11.6 Å². The lowest BCUT2D eigenvalue weighted by atomic mass is 10.0. The highest BCUT2D eigenvalue weighted by Crippen LogP contribution is 2.32. The smallest absolute Gasteiger partial charge is 0.243 e. The Morgan fingerprint density at radius 3 is 2.63 bits per heavy atom. The maximum Gasteiger partial charge on any atom is 0.243 e. The van der Waals surface area contributed by atoms with E-state index in [0.717, 1.165) is 11.0 Å². The van der Waals surface area contributed by atoms with Crippen molar-refractivity contribution in [3.63, 3.8) is 0 Å². The molecule has 6 heteroatoms. The van der Waals surface area contributed by atoms with Gasteiger partial charge in [-0.3, -0.25) is 4.79 Å². The van der Waals surface area contributed by atoms with E-state index in [9.17, 15) is 4.79 Å². The van der Waals surface area contributed by atoms with Crippen LogP contribution < -0.4 is 5.73 Å². The van der Waals surface area contributed by atoms with E-state index in [1.165, 1.54) is 0 Å². The van der Waals surface area contributed by atoms with Crippen molar-refractivity contribution < 1.29 is 4.79 Å². The molecule has 0 aliphatic heterocycles. The molecule has 102 valence electrons. The van der Waals surface area contributed by atoms with E-state index < -0.39 is 11.4 Å². The Morgan fingerprint density at radius 2 is 2.11 bits per heavy atom. The molecule has 0 saturated carbocycles. The van der Waals surface area contributed by atoms with E-state index >= 15 is 0 Å². The summed E-state index contributed by atoms with van der Waals surface area (Å²) in [5.41, 5.74) is 6.05. The van der Waals surface area contributed by atoms with Crippen molar-refractivity contribution in [1.82, 2.24) is 9.55 Å². The van der Waals surface area contributed by atoms with E-state index in [2.05, 4.69) is 4.98 Å². The Balaban J connectivity index is 2.85. The summed E-state index contributed by atoms with van der Waals surface area (Å²) in [5, 5.41) is 0.229. The Hall–Kier alpha value is -1.26. The van der Waals surface area contributed by atoms with Gasteiger partial charge in [0.1, 0.15) is 11.4 Å². The summed E-state index contributed by atoms with van der Waals surface area (Å²) in [5.74, 6) is 0.146. The lowest BCUT2D eigenvalue weighted by Crippen LogP contribution is -2.42. The number of aromatic nitrogens is 2. The second kappa shape index (κ2) is 4.69. The fraction of sp³-hybridized carbons (Fsp3) is 0.385. The average Bonchev–Trinajstić information content (AvgIpc) is 2.67. The van der Waals surface area contributed by atoms with Gasteiger partial charge in [0.2, 0.25) is 5.91 Å². The van der Waals surface area contributed by atoms with E-state index in [1.807, 2.05) is 0 Å². The Labute approximate surface area is 121 Å². The maximum atomic E-state index is 11.7. The van der Waals surface area contributed by atoms with Crippen molar-refractivity contribution in [3.05, 3.63) is 29.0 Å². The number of hydrogen-bond acceptors (Lipinski definition) is 2. The van der Waals surface area contributed by atoms with Gasteiger partial charge in [0.25, 0.3) is 0 Å². The molecule has 2 rings (SSSR count). The first kappa shape index (κ1) is 14.2. The first-order valence-electron chi connectivity index (χ1n) is 5.87. The number of carbonyl (C=O) groups excluding carboxylic acids is 1. The average molecular weight is 300 g/mol. The Kier molecular flexibility index (Phi) is 3.49. The number of fused-ring (bicyclic) bond motifs is 1. The van der Waals surface area contributed by atoms with Gasteiger partial charge in [-0.15, -0.1) is 11.6 Å². The Morgan fingerprint density at radius 1 is 1.47 bits per heavy atom. The number of alkyl halides is 1. The van der Waals surface area contributed by atoms with Crippen LogP contribution in [0.2, 0.25) is 5.02 Å². The minimum Gasteiger partial charge on any atom is -0.368 e. The van der Waals surface area contributed by atoms with Crippen LogP contribution in [0.25, 0.3) is 11.0 Å². The predicted molar refractivity (Wildman–Crippen MR) is 77.5 cm³/mol. The molecule has 2 aromatic rings. The molecule has 1 unspecified atom stereocenters. The van der Waals surface area contributed by atoms with Gasteiger partial charge in [-0.25, -0.2) is 4.98 Å². The highest BCUT2D eigenvalue weighted by atomic mass is 35.5. The summed E-state index contributed by atoms with van der Waals surface area (Å²) in [6, 6.07) is 5.31. The summed E-state index contributed by atoms with van der Waals surface area (Å²) in [4.78, 5) is 16.2. The largest absolute Gasteiger partial charge is 0.368 e. The highest BCUT2D eigenvalue weighted by molar-refractivity contribution is 6.31. The van der Waals surface area contributed by atoms with E-state index in [0.29, 0.717) is 10.8 Å². The van der Waals surface area contributed by atoms with Crippen LogP contribution >= 0.6 is 23.2 Å². The molecule has 1 aromatic carbocycles. The molecular weight excluding hydrogens is 285 g/mol. The van der Waals surface area contributed by atoms with E-state index in [-0.39, 0.29) is 5.38 Å². The van der Waals surface area contributed by atoms with Crippen molar-refractivity contribution in [3.8, 4) is 0 Å². The molecule has 1 heterocycles. The summed E-state index contributed by atoms with van der Waals surface area (Å²) >= 11 is 12.2. The van der Waals surface area contributed by atoms with Crippen molar-refractivity contribution in [2.45, 2.75) is 31.7 Å². The minimum atomic E-state index is -0.933. The molecule has 2 N–H and O–H groups in total. The number of amides is 1. The van der Waals surface area contributed by atoms with Gasteiger partial charge in [0.15, 0.2) is 0 Å². The van der Waals surface area contributed by atoms with E-state index in [1.54, 1.807) is 43.5 Å². The van der Waals surface area contributed by atoms with E-state index in [4.69, 9.17) is 28.9 Å². The molecule has 1 amide bonds. The lowest BCUT2D eigenvalue weighted by molar-refractivity contribution is -0.125. The molecule has 1 atom stereocenters. The molecule has 0 fully saturated rings. The zero-order valence-electron chi connectivity index (χ0n) is 10.9. The number of primary amides is 1. The van der Waals surface area contributed by atoms with Crippen molar-refractivity contribution in [2.24, 2.45) is 5.73 Å². The molecule has 0 aliphatic rings. The summed E-state index contributed by atoms with van der Waals surface area (Å²) in [7, 11) is 0. The van der Waals surface area contributed by atoms with Crippen LogP contribution in [0.3, 0.4) is 0 Å². The second-order valence-corrected chi connectivity index (χ2v) is 6.07. The van der Waals surface area contributed by atoms with Crippen LogP contribution in [-0.4, -0.2) is 15.5 Å². The SMILES string of the molecule is CC(Cl)c1nc2ccc(Cl)cc2n1C(C)(C)C(N)=O. The normalized spacial score (nSPS) is 13.7. The molecule has 0 saturated heterocycles. The van der Waals surface area contributed by atoms with Gasteiger partial charge >= 0.3 is 0 Å². The Bertz CT molecular complexity index is 647. The summed E-state index contributed by atoms with van der Waals surface area (Å²) in [6.07, 6.45) is 0. The second-order valence-electron chi connectivity index (χ2n) is 4.98. The van der Waals surface area contributed by atoms with Crippen LogP contribution in [0.1, 0.15) is 32.0 Å². The fourth-order valence-electron chi connectivity index (χ4n) is 2.03. The number of carbonyl (C=O) groups is 1. The third kappa shape index (κ3) is 2.30. The number of imidazole rings is 1. The fourth-order valence-corrected chi connectivity index (χ4v) is 2.34. The molecule has 0 aliphatic carbocycles. The summed E-state index contributed by atoms with van der Waals surface area (Å²) in [6.45, 7) is 5.28. The minimum absolute atomic E-state index is 0.343. The number of halogens is 2. The standard InChI is InChI=1S/C13H15Cl2N3O/c1-7(14)11-17-9-5-4-8(15)6-10(9)18(11)13(2,3)12(16)19/h4-7H,1-3H3,(H2,16,19). The van der Waals surface area contributed by atoms with Gasteiger partial charge in [0.05, 0.1) is 16.4 Å². The topological polar surface area (TPSA) is 60.9 Å². The van der Waals surface area contributed by atoms with Crippen LogP contribution in [0.4, 0.5) is 0 Å². The van der Waals surface area contributed by atoms with Crippen LogP contribution in [0.5, 0.6) is 0 Å². The lowest BCUT2D eigenvalue weighted by Gasteiger charge is -2.26. The highest BCUT2D eigenvalue weighted by Gasteiger charge is 2.32. The summed E-state index contributed by atoms with van der Waals surface area (Å²) < 4.78 is 1.76. The molecule has 0 bridgehead atoms. The zero-order valence-corrected chi connectivity index (χ0v) is 12.5. The number of rotatable bonds is 3. The quantitative estimate of drug-likeness (QED) is 0.885. The molecular formula is C13H15Cl2N3O. The number of nitrogens with zero attached hydrogens (tertiary/aromatic N) is 2. The predicted octanol–water partition coefficient (Wildman–Crippen LogP) is 3.21. The van der Waals surface area contributed by atoms with Crippen molar-refractivity contribution in [1.29, 1.82) is 0 Å². The molecule has 1 aromatic heterocycles. The zero-order chi connectivity index (χ0) is 14.4. The monoisotopic (exact) mass is 299 g/mol. The van der Waals surface area contributed by atoms with Crippen LogP contribution in [-0.2, 0) is 10.3 Å². The molecule has 4 nitrogen and oxygen atoms in total. The number of benzene rings is 1. The first-order chi connectivity index (χ1) is 8.75. The number of nitrogens with two attached hydrogens (primary N) is 1. The van der Waals surface area contributed by atoms with Crippen molar-refractivity contribution in [2.75, 3.05) is 0 Å². The van der Waals surface area contributed by atoms with Crippen LogP contribution in [0, 0.1) is 0 Å². The third-order valence-electron chi connectivity index (χ3n) is 3.16.